The molecule has 2 aliphatic rings. The first-order valence-corrected chi connectivity index (χ1v) is 9.08. The lowest BCUT2D eigenvalue weighted by atomic mass is 9.99. The minimum absolute atomic E-state index is 0.296. The van der Waals surface area contributed by atoms with Gasteiger partial charge in [0.05, 0.1) is 0 Å². The summed E-state index contributed by atoms with van der Waals surface area (Å²) in [7, 11) is -3.28. The lowest BCUT2D eigenvalue weighted by molar-refractivity contribution is 0.128. The minimum atomic E-state index is -3.28. The van der Waals surface area contributed by atoms with Gasteiger partial charge in [0.15, 0.2) is 0 Å². The molecule has 0 aromatic carbocycles. The number of piperazine rings is 1. The van der Waals surface area contributed by atoms with Crippen LogP contribution in [0.1, 0.15) is 26.7 Å². The molecule has 2 fully saturated rings. The highest BCUT2D eigenvalue weighted by Gasteiger charge is 2.36. The van der Waals surface area contributed by atoms with E-state index in [1.165, 1.54) is 0 Å². The highest BCUT2D eigenvalue weighted by atomic mass is 32.2. The number of nitrogens with two attached hydrogens (primary N) is 1. The third-order valence-corrected chi connectivity index (χ3v) is 6.70. The highest BCUT2D eigenvalue weighted by Crippen LogP contribution is 2.22. The molecule has 0 aromatic rings. The summed E-state index contributed by atoms with van der Waals surface area (Å²) in [5.74, 6) is 0.484. The molecule has 1 atom stereocenters. The Morgan fingerprint density at radius 1 is 1.10 bits per heavy atom. The van der Waals surface area contributed by atoms with Crippen LogP contribution in [0.3, 0.4) is 0 Å². The predicted molar refractivity (Wildman–Crippen MR) is 80.6 cm³/mol. The number of likely N-dealkylation sites (N-methyl/N-ethyl adjacent to an activating group) is 1. The molecule has 2 aliphatic heterocycles. The van der Waals surface area contributed by atoms with Gasteiger partial charge in [-0.05, 0) is 38.8 Å². The quantitative estimate of drug-likeness (QED) is 0.789. The van der Waals surface area contributed by atoms with Crippen LogP contribution in [0.4, 0.5) is 0 Å². The molecular formula is C13H28N4O2S. The predicted octanol–water partition coefficient (Wildman–Crippen LogP) is -0.0721. The van der Waals surface area contributed by atoms with Crippen LogP contribution in [0.2, 0.25) is 0 Å². The van der Waals surface area contributed by atoms with Gasteiger partial charge in [0.2, 0.25) is 0 Å². The molecule has 6 nitrogen and oxygen atoms in total. The number of hydrogen-bond acceptors (Lipinski definition) is 4. The van der Waals surface area contributed by atoms with Crippen LogP contribution in [0, 0.1) is 5.92 Å². The van der Waals surface area contributed by atoms with E-state index in [4.69, 9.17) is 5.73 Å². The zero-order chi connectivity index (χ0) is 14.8. The number of piperidine rings is 1. The van der Waals surface area contributed by atoms with Crippen molar-refractivity contribution in [3.05, 3.63) is 0 Å². The molecule has 0 aromatic heterocycles. The Morgan fingerprint density at radius 3 is 2.25 bits per heavy atom. The highest BCUT2D eigenvalue weighted by molar-refractivity contribution is 7.86. The lowest BCUT2D eigenvalue weighted by Gasteiger charge is -2.41. The first-order chi connectivity index (χ1) is 9.48. The van der Waals surface area contributed by atoms with E-state index in [1.807, 2.05) is 0 Å². The van der Waals surface area contributed by atoms with Crippen molar-refractivity contribution < 1.29 is 8.42 Å². The first kappa shape index (κ1) is 16.2. The van der Waals surface area contributed by atoms with Crippen LogP contribution in [-0.4, -0.2) is 73.8 Å². The third-order valence-electron chi connectivity index (χ3n) is 4.69. The van der Waals surface area contributed by atoms with Crippen molar-refractivity contribution in [3.63, 3.8) is 0 Å². The van der Waals surface area contributed by atoms with E-state index in [0.717, 1.165) is 25.9 Å². The maximum absolute atomic E-state index is 12.7. The molecule has 2 rings (SSSR count). The fourth-order valence-corrected chi connectivity index (χ4v) is 4.90. The van der Waals surface area contributed by atoms with Gasteiger partial charge in [0, 0.05) is 38.8 Å². The van der Waals surface area contributed by atoms with Crippen LogP contribution in [0.15, 0.2) is 0 Å². The summed E-state index contributed by atoms with van der Waals surface area (Å²) in [4.78, 5) is 2.33. The average Bonchev–Trinajstić information content (AvgIpc) is 2.47. The van der Waals surface area contributed by atoms with Gasteiger partial charge in [-0.1, -0.05) is 6.92 Å². The van der Waals surface area contributed by atoms with Gasteiger partial charge in [0.1, 0.15) is 0 Å². The molecular weight excluding hydrogens is 276 g/mol. The van der Waals surface area contributed by atoms with Crippen molar-refractivity contribution in [1.29, 1.82) is 0 Å². The summed E-state index contributed by atoms with van der Waals surface area (Å²) in [5.41, 5.74) is 5.67. The summed E-state index contributed by atoms with van der Waals surface area (Å²) < 4.78 is 28.7. The molecule has 0 radical (unpaired) electrons. The van der Waals surface area contributed by atoms with Crippen LogP contribution in [-0.2, 0) is 10.2 Å². The zero-order valence-electron chi connectivity index (χ0n) is 12.7. The largest absolute Gasteiger partial charge is 0.330 e. The van der Waals surface area contributed by atoms with Gasteiger partial charge < -0.3 is 5.73 Å². The number of nitrogens with zero attached hydrogens (tertiary/aromatic N) is 3. The standard InChI is InChI=1S/C13H28N4O2S/c1-3-15-8-9-17(11-12(15)2)20(18,19)16-6-4-13(10-14)5-7-16/h12-13H,3-11,14H2,1-2H3. The molecule has 118 valence electrons. The van der Waals surface area contributed by atoms with Crippen LogP contribution in [0.25, 0.3) is 0 Å². The second kappa shape index (κ2) is 6.70. The second-order valence-electron chi connectivity index (χ2n) is 5.92. The van der Waals surface area contributed by atoms with Gasteiger partial charge in [-0.25, -0.2) is 0 Å². The average molecular weight is 304 g/mol. The molecule has 0 aliphatic carbocycles. The van der Waals surface area contributed by atoms with Crippen molar-refractivity contribution in [3.8, 4) is 0 Å². The SMILES string of the molecule is CCN1CCN(S(=O)(=O)N2CCC(CN)CC2)CC1C. The third kappa shape index (κ3) is 3.33. The Morgan fingerprint density at radius 2 is 1.75 bits per heavy atom. The Kier molecular flexibility index (Phi) is 5.42. The normalized spacial score (nSPS) is 28.9. The van der Waals surface area contributed by atoms with Gasteiger partial charge >= 0.3 is 0 Å². The summed E-state index contributed by atoms with van der Waals surface area (Å²) in [6, 6.07) is 0.296. The van der Waals surface area contributed by atoms with Gasteiger partial charge in [-0.15, -0.1) is 0 Å². The molecule has 0 bridgehead atoms. The topological polar surface area (TPSA) is 69.9 Å². The molecule has 2 N–H and O–H groups in total. The monoisotopic (exact) mass is 304 g/mol. The lowest BCUT2D eigenvalue weighted by Crippen LogP contribution is -2.57. The van der Waals surface area contributed by atoms with Crippen molar-refractivity contribution in [2.24, 2.45) is 11.7 Å². The van der Waals surface area contributed by atoms with Crippen LogP contribution in [0.5, 0.6) is 0 Å². The van der Waals surface area contributed by atoms with E-state index in [2.05, 4.69) is 18.7 Å². The van der Waals surface area contributed by atoms with Crippen molar-refractivity contribution in [2.45, 2.75) is 32.7 Å². The van der Waals surface area contributed by atoms with E-state index in [0.29, 0.717) is 44.7 Å². The molecule has 2 saturated heterocycles. The molecule has 0 saturated carbocycles. The van der Waals surface area contributed by atoms with Gasteiger partial charge in [-0.3, -0.25) is 4.90 Å². The Balaban J connectivity index is 1.97. The molecule has 0 amide bonds. The second-order valence-corrected chi connectivity index (χ2v) is 7.85. The molecule has 7 heteroatoms. The number of rotatable bonds is 4. The smallest absolute Gasteiger partial charge is 0.282 e. The maximum Gasteiger partial charge on any atom is 0.282 e. The maximum atomic E-state index is 12.7. The van der Waals surface area contributed by atoms with Gasteiger partial charge in [0.25, 0.3) is 10.2 Å². The molecule has 20 heavy (non-hydrogen) atoms. The van der Waals surface area contributed by atoms with Crippen LogP contribution < -0.4 is 5.73 Å². The van der Waals surface area contributed by atoms with E-state index in [9.17, 15) is 8.42 Å². The first-order valence-electron chi connectivity index (χ1n) is 7.68. The van der Waals surface area contributed by atoms with Crippen LogP contribution >= 0.6 is 0 Å². The Bertz CT molecular complexity index is 407. The van der Waals surface area contributed by atoms with E-state index in [1.54, 1.807) is 8.61 Å². The molecule has 0 spiro atoms. The Labute approximate surface area is 123 Å². The molecule has 1 unspecified atom stereocenters. The molecule has 2 heterocycles. The summed E-state index contributed by atoms with van der Waals surface area (Å²) in [5, 5.41) is 0. The fraction of sp³-hybridized carbons (Fsp3) is 1.00. The zero-order valence-corrected chi connectivity index (χ0v) is 13.5. The van der Waals surface area contributed by atoms with E-state index < -0.39 is 10.2 Å². The fourth-order valence-electron chi connectivity index (χ4n) is 3.18. The summed E-state index contributed by atoms with van der Waals surface area (Å²) >= 11 is 0. The minimum Gasteiger partial charge on any atom is -0.330 e. The Hall–Kier alpha value is -0.210. The van der Waals surface area contributed by atoms with Crippen molar-refractivity contribution >= 4 is 10.2 Å². The number of hydrogen-bond donors (Lipinski definition) is 1. The summed E-state index contributed by atoms with van der Waals surface area (Å²) in [6.07, 6.45) is 1.78. The summed E-state index contributed by atoms with van der Waals surface area (Å²) in [6.45, 7) is 9.15. The van der Waals surface area contributed by atoms with E-state index >= 15 is 0 Å². The van der Waals surface area contributed by atoms with E-state index in [-0.39, 0.29) is 0 Å². The van der Waals surface area contributed by atoms with Crippen molar-refractivity contribution in [1.82, 2.24) is 13.5 Å². The van der Waals surface area contributed by atoms with Crippen molar-refractivity contribution in [2.75, 3.05) is 45.8 Å². The van der Waals surface area contributed by atoms with Gasteiger partial charge in [-0.2, -0.15) is 17.0 Å².